The molecule has 5 rings (SSSR count). The van der Waals surface area contributed by atoms with Crippen LogP contribution in [0.5, 0.6) is 0 Å². The maximum absolute atomic E-state index is 12.9. The summed E-state index contributed by atoms with van der Waals surface area (Å²) >= 11 is 1.48. The molecule has 2 saturated heterocycles. The summed E-state index contributed by atoms with van der Waals surface area (Å²) in [6, 6.07) is 10.2. The first-order chi connectivity index (χ1) is 15.6. The standard InChI is InChI=1S/C22H23N7O2S/c1-15-19(13-32-21(15)9-23)20-11-27-6-7-28(10-18(27)12-31-20)22(30)8-16-2-4-17(5-3-16)29-14-24-25-26-29/h2-5,13-14,18,20H,6-8,10-12H2,1H3/t18-,20+/m0/s1. The second kappa shape index (κ2) is 8.78. The van der Waals surface area contributed by atoms with Gasteiger partial charge in [-0.15, -0.1) is 16.4 Å². The van der Waals surface area contributed by atoms with Crippen molar-refractivity contribution in [3.8, 4) is 11.8 Å². The van der Waals surface area contributed by atoms with Gasteiger partial charge in [0.05, 0.1) is 30.9 Å². The molecule has 0 spiro atoms. The van der Waals surface area contributed by atoms with Crippen molar-refractivity contribution in [2.24, 2.45) is 0 Å². The quantitative estimate of drug-likeness (QED) is 0.598. The van der Waals surface area contributed by atoms with Gasteiger partial charge in [-0.1, -0.05) is 12.1 Å². The molecule has 164 valence electrons. The van der Waals surface area contributed by atoms with Crippen LogP contribution >= 0.6 is 11.3 Å². The molecule has 2 atom stereocenters. The molecule has 1 aromatic carbocycles. The van der Waals surface area contributed by atoms with E-state index in [1.807, 2.05) is 41.5 Å². The van der Waals surface area contributed by atoms with Gasteiger partial charge in [-0.25, -0.2) is 4.68 Å². The van der Waals surface area contributed by atoms with Gasteiger partial charge < -0.3 is 9.64 Å². The monoisotopic (exact) mass is 449 g/mol. The fourth-order valence-corrected chi connectivity index (χ4v) is 5.31. The molecule has 2 fully saturated rings. The summed E-state index contributed by atoms with van der Waals surface area (Å²) in [5.41, 5.74) is 3.97. The van der Waals surface area contributed by atoms with E-state index in [4.69, 9.17) is 4.74 Å². The van der Waals surface area contributed by atoms with Crippen LogP contribution in [0.3, 0.4) is 0 Å². The van der Waals surface area contributed by atoms with Crippen LogP contribution < -0.4 is 0 Å². The van der Waals surface area contributed by atoms with Crippen LogP contribution in [0.15, 0.2) is 36.0 Å². The van der Waals surface area contributed by atoms with E-state index in [1.165, 1.54) is 11.3 Å². The van der Waals surface area contributed by atoms with E-state index < -0.39 is 0 Å². The van der Waals surface area contributed by atoms with Crippen LogP contribution in [-0.4, -0.2) is 74.7 Å². The molecule has 9 nitrogen and oxygen atoms in total. The molecule has 0 bridgehead atoms. The van der Waals surface area contributed by atoms with Gasteiger partial charge in [-0.2, -0.15) is 5.26 Å². The number of fused-ring (bicyclic) bond motifs is 1. The lowest BCUT2D eigenvalue weighted by molar-refractivity contribution is -0.139. The largest absolute Gasteiger partial charge is 0.370 e. The van der Waals surface area contributed by atoms with Crippen LogP contribution in [0.2, 0.25) is 0 Å². The van der Waals surface area contributed by atoms with Crippen molar-refractivity contribution in [3.05, 3.63) is 57.5 Å². The molecule has 3 aromatic rings. The van der Waals surface area contributed by atoms with E-state index in [9.17, 15) is 10.1 Å². The summed E-state index contributed by atoms with van der Waals surface area (Å²) in [6.45, 7) is 5.62. The number of benzene rings is 1. The molecule has 1 amide bonds. The van der Waals surface area contributed by atoms with Crippen molar-refractivity contribution >= 4 is 17.2 Å². The summed E-state index contributed by atoms with van der Waals surface area (Å²) in [5.74, 6) is 0.134. The number of piperazine rings is 1. The molecule has 4 heterocycles. The first-order valence-corrected chi connectivity index (χ1v) is 11.4. The fraction of sp³-hybridized carbons (Fsp3) is 0.409. The molecule has 0 aliphatic carbocycles. The topological polar surface area (TPSA) is 100 Å². The van der Waals surface area contributed by atoms with Gasteiger partial charge in [-0.05, 0) is 51.6 Å². The summed E-state index contributed by atoms with van der Waals surface area (Å²) < 4.78 is 7.75. The van der Waals surface area contributed by atoms with Crippen LogP contribution in [0.4, 0.5) is 0 Å². The Bertz CT molecular complexity index is 1140. The van der Waals surface area contributed by atoms with E-state index in [2.05, 4.69) is 26.5 Å². The Kier molecular flexibility index (Phi) is 5.70. The Morgan fingerprint density at radius 2 is 2.12 bits per heavy atom. The molecule has 2 aromatic heterocycles. The highest BCUT2D eigenvalue weighted by molar-refractivity contribution is 7.10. The number of morpholine rings is 1. The second-order valence-electron chi connectivity index (χ2n) is 8.17. The summed E-state index contributed by atoms with van der Waals surface area (Å²) in [4.78, 5) is 18.0. The highest BCUT2D eigenvalue weighted by Crippen LogP contribution is 2.33. The van der Waals surface area contributed by atoms with Crippen LogP contribution in [0, 0.1) is 18.3 Å². The van der Waals surface area contributed by atoms with Crippen LogP contribution in [-0.2, 0) is 16.0 Å². The number of rotatable bonds is 4. The Labute approximate surface area is 189 Å². The number of tetrazole rings is 1. The minimum absolute atomic E-state index is 0.00875. The van der Waals surface area contributed by atoms with Gasteiger partial charge in [0.15, 0.2) is 0 Å². The van der Waals surface area contributed by atoms with Crippen molar-refractivity contribution < 1.29 is 9.53 Å². The number of ether oxygens (including phenoxy) is 1. The number of nitrogens with zero attached hydrogens (tertiary/aromatic N) is 7. The smallest absolute Gasteiger partial charge is 0.227 e. The van der Waals surface area contributed by atoms with E-state index in [-0.39, 0.29) is 18.1 Å². The molecule has 32 heavy (non-hydrogen) atoms. The zero-order valence-corrected chi connectivity index (χ0v) is 18.5. The lowest BCUT2D eigenvalue weighted by Crippen LogP contribution is -2.59. The van der Waals surface area contributed by atoms with E-state index >= 15 is 0 Å². The molecule has 2 aliphatic heterocycles. The van der Waals surface area contributed by atoms with Gasteiger partial charge in [0.1, 0.15) is 17.3 Å². The van der Waals surface area contributed by atoms with E-state index in [0.717, 1.165) is 46.9 Å². The number of nitriles is 1. The third-order valence-corrected chi connectivity index (χ3v) is 7.28. The molecular weight excluding hydrogens is 426 g/mol. The summed E-state index contributed by atoms with van der Waals surface area (Å²) in [7, 11) is 0. The number of carbonyl (C=O) groups excluding carboxylic acids is 1. The van der Waals surface area contributed by atoms with Crippen molar-refractivity contribution in [2.45, 2.75) is 25.5 Å². The Morgan fingerprint density at radius 1 is 1.28 bits per heavy atom. The lowest BCUT2D eigenvalue weighted by atomic mass is 10.0. The number of amides is 1. The highest BCUT2D eigenvalue weighted by atomic mass is 32.1. The zero-order chi connectivity index (χ0) is 22.1. The first-order valence-electron chi connectivity index (χ1n) is 10.6. The number of hydrogen-bond donors (Lipinski definition) is 0. The predicted octanol–water partition coefficient (Wildman–Crippen LogP) is 1.73. The maximum Gasteiger partial charge on any atom is 0.227 e. The Morgan fingerprint density at radius 3 is 2.84 bits per heavy atom. The lowest BCUT2D eigenvalue weighted by Gasteiger charge is -2.46. The molecule has 10 heteroatoms. The average molecular weight is 450 g/mol. The average Bonchev–Trinajstić information content (AvgIpc) is 3.49. The Hall–Kier alpha value is -3.13. The third kappa shape index (κ3) is 4.02. The number of aromatic nitrogens is 4. The highest BCUT2D eigenvalue weighted by Gasteiger charge is 2.36. The second-order valence-corrected chi connectivity index (χ2v) is 9.04. The minimum Gasteiger partial charge on any atom is -0.370 e. The van der Waals surface area contributed by atoms with Gasteiger partial charge in [0, 0.05) is 26.2 Å². The first kappa shape index (κ1) is 20.8. The molecular formula is C22H23N7O2S. The fourth-order valence-electron chi connectivity index (χ4n) is 4.39. The van der Waals surface area contributed by atoms with E-state index in [0.29, 0.717) is 19.6 Å². The van der Waals surface area contributed by atoms with Gasteiger partial charge >= 0.3 is 0 Å². The van der Waals surface area contributed by atoms with Crippen LogP contribution in [0.25, 0.3) is 5.69 Å². The van der Waals surface area contributed by atoms with Crippen LogP contribution in [0.1, 0.15) is 27.7 Å². The number of hydrogen-bond acceptors (Lipinski definition) is 8. The summed E-state index contributed by atoms with van der Waals surface area (Å²) in [6.07, 6.45) is 1.90. The van der Waals surface area contributed by atoms with Gasteiger partial charge in [-0.3, -0.25) is 9.69 Å². The predicted molar refractivity (Wildman–Crippen MR) is 117 cm³/mol. The molecule has 2 aliphatic rings. The molecule has 0 unspecified atom stereocenters. The normalized spacial score (nSPS) is 21.2. The molecule has 0 radical (unpaired) electrons. The third-order valence-electron chi connectivity index (χ3n) is 6.28. The van der Waals surface area contributed by atoms with Crippen molar-refractivity contribution in [3.63, 3.8) is 0 Å². The maximum atomic E-state index is 12.9. The van der Waals surface area contributed by atoms with Crippen molar-refractivity contribution in [2.75, 3.05) is 32.8 Å². The Balaban J connectivity index is 1.17. The SMILES string of the molecule is Cc1c([C@H]2CN3CCN(C(=O)Cc4ccc(-n5cnnn5)cc4)C[C@H]3CO2)csc1C#N. The number of thiophene rings is 1. The zero-order valence-electron chi connectivity index (χ0n) is 17.7. The van der Waals surface area contributed by atoms with Gasteiger partial charge in [0.2, 0.25) is 5.91 Å². The van der Waals surface area contributed by atoms with Crippen molar-refractivity contribution in [1.82, 2.24) is 30.0 Å². The minimum atomic E-state index is -0.00875. The number of carbonyl (C=O) groups is 1. The van der Waals surface area contributed by atoms with Gasteiger partial charge in [0.25, 0.3) is 0 Å². The molecule has 0 saturated carbocycles. The van der Waals surface area contributed by atoms with Crippen molar-refractivity contribution in [1.29, 1.82) is 5.26 Å². The van der Waals surface area contributed by atoms with E-state index in [1.54, 1.807) is 11.0 Å². The summed E-state index contributed by atoms with van der Waals surface area (Å²) in [5, 5.41) is 22.4. The molecule has 0 N–H and O–H groups in total.